The van der Waals surface area contributed by atoms with E-state index in [1.807, 2.05) is 0 Å². The summed E-state index contributed by atoms with van der Waals surface area (Å²) in [5.74, 6) is 2.93. The van der Waals surface area contributed by atoms with Gasteiger partial charge in [-0.3, -0.25) is 0 Å². The molecule has 0 aliphatic rings. The molecule has 0 N–H and O–H groups in total. The number of benzene rings is 3. The van der Waals surface area contributed by atoms with Crippen LogP contribution in [0.3, 0.4) is 0 Å². The van der Waals surface area contributed by atoms with Crippen molar-refractivity contribution in [1.29, 1.82) is 0 Å². The molecule has 3 radical (unpaired) electrons. The molecular formula is C22H21Si. The first-order valence-electron chi connectivity index (χ1n) is 8.38. The molecule has 0 fully saturated rings. The summed E-state index contributed by atoms with van der Waals surface area (Å²) in [6.07, 6.45) is 8.91. The predicted molar refractivity (Wildman–Crippen MR) is 103 cm³/mol. The molecular weight excluding hydrogens is 292 g/mol. The second-order valence-corrected chi connectivity index (χ2v) is 6.41. The Bertz CT molecular complexity index is 942. The predicted octanol–water partition coefficient (Wildman–Crippen LogP) is 4.46. The molecule has 0 saturated heterocycles. The molecule has 0 nitrogen and oxygen atoms in total. The van der Waals surface area contributed by atoms with E-state index in [0.717, 1.165) is 30.0 Å². The van der Waals surface area contributed by atoms with Crippen molar-refractivity contribution in [2.45, 2.75) is 40.0 Å². The smallest absolute Gasteiger partial charge is 0.0733 e. The lowest BCUT2D eigenvalue weighted by molar-refractivity contribution is 1.05. The second-order valence-electron chi connectivity index (χ2n) is 5.91. The maximum Gasteiger partial charge on any atom is 0.0733 e. The van der Waals surface area contributed by atoms with Crippen LogP contribution in [0.1, 0.15) is 43.0 Å². The van der Waals surface area contributed by atoms with Gasteiger partial charge in [-0.2, -0.15) is 0 Å². The van der Waals surface area contributed by atoms with Gasteiger partial charge in [0.1, 0.15) is 0 Å². The molecule has 0 aliphatic heterocycles. The van der Waals surface area contributed by atoms with Crippen LogP contribution >= 0.6 is 0 Å². The van der Waals surface area contributed by atoms with E-state index in [-0.39, 0.29) is 0 Å². The van der Waals surface area contributed by atoms with E-state index in [4.69, 9.17) is 6.42 Å². The maximum atomic E-state index is 5.89. The van der Waals surface area contributed by atoms with Gasteiger partial charge in [0.2, 0.25) is 0 Å². The minimum Gasteiger partial charge on any atom is -0.115 e. The highest BCUT2D eigenvalue weighted by Crippen LogP contribution is 2.34. The fourth-order valence-corrected chi connectivity index (χ4v) is 4.38. The molecule has 0 unspecified atom stereocenters. The van der Waals surface area contributed by atoms with Crippen molar-refractivity contribution in [3.05, 3.63) is 52.6 Å². The Morgan fingerprint density at radius 3 is 2.17 bits per heavy atom. The highest BCUT2D eigenvalue weighted by molar-refractivity contribution is 6.37. The fraction of sp³-hybridized carbons (Fsp3) is 0.273. The van der Waals surface area contributed by atoms with Gasteiger partial charge >= 0.3 is 0 Å². The van der Waals surface area contributed by atoms with Crippen LogP contribution in [0.5, 0.6) is 0 Å². The van der Waals surface area contributed by atoms with E-state index in [9.17, 15) is 0 Å². The third-order valence-corrected chi connectivity index (χ3v) is 5.40. The topological polar surface area (TPSA) is 0 Å². The third-order valence-electron chi connectivity index (χ3n) is 4.85. The number of aryl methyl sites for hydroxylation is 2. The van der Waals surface area contributed by atoms with Gasteiger partial charge in [-0.25, -0.2) is 0 Å². The Kier molecular flexibility index (Phi) is 4.28. The quantitative estimate of drug-likeness (QED) is 0.380. The molecule has 113 valence electrons. The Morgan fingerprint density at radius 2 is 1.57 bits per heavy atom. The summed E-state index contributed by atoms with van der Waals surface area (Å²) in [5, 5.41) is 6.30. The van der Waals surface area contributed by atoms with Gasteiger partial charge < -0.3 is 0 Å². The highest BCUT2D eigenvalue weighted by Gasteiger charge is 2.17. The zero-order valence-corrected chi connectivity index (χ0v) is 15.1. The third kappa shape index (κ3) is 2.29. The zero-order chi connectivity index (χ0) is 16.6. The SMILES string of the molecule is C#Cc1c([Si])c(CC)c(CC)c2c(CC)c3ccccc3cc12. The number of hydrogen-bond donors (Lipinski definition) is 0. The van der Waals surface area contributed by atoms with Crippen molar-refractivity contribution >= 4 is 37.0 Å². The first-order valence-corrected chi connectivity index (χ1v) is 8.88. The standard InChI is InChI=1S/C22H21Si/c1-5-15-17(7-3)22(23)18(8-4)20-13-14-11-9-10-12-19(14)16(6-2)21(15)20/h4,9-13H,5-7H2,1-3H3. The lowest BCUT2D eigenvalue weighted by Crippen LogP contribution is -2.18. The Hall–Kier alpha value is -2.04. The molecule has 0 heterocycles. The first-order chi connectivity index (χ1) is 11.2. The first kappa shape index (κ1) is 15.8. The number of hydrogen-bond acceptors (Lipinski definition) is 0. The van der Waals surface area contributed by atoms with E-state index in [2.05, 4.69) is 67.3 Å². The number of rotatable bonds is 3. The molecule has 23 heavy (non-hydrogen) atoms. The summed E-state index contributed by atoms with van der Waals surface area (Å²) in [5.41, 5.74) is 5.21. The van der Waals surface area contributed by atoms with Gasteiger partial charge in [0.05, 0.1) is 10.2 Å². The molecule has 0 bridgehead atoms. The Labute approximate surface area is 142 Å². The molecule has 0 aliphatic carbocycles. The van der Waals surface area contributed by atoms with Crippen LogP contribution in [0.25, 0.3) is 21.5 Å². The van der Waals surface area contributed by atoms with Crippen LogP contribution in [0.2, 0.25) is 0 Å². The maximum absolute atomic E-state index is 5.89. The van der Waals surface area contributed by atoms with Gasteiger partial charge in [-0.15, -0.1) is 6.42 Å². The van der Waals surface area contributed by atoms with Crippen LogP contribution in [0, 0.1) is 12.3 Å². The van der Waals surface area contributed by atoms with Gasteiger partial charge in [0, 0.05) is 5.56 Å². The van der Waals surface area contributed by atoms with Gasteiger partial charge in [-0.05, 0) is 68.8 Å². The van der Waals surface area contributed by atoms with Crippen molar-refractivity contribution < 1.29 is 0 Å². The highest BCUT2D eigenvalue weighted by atomic mass is 28.1. The normalized spacial score (nSPS) is 11.1. The molecule has 0 atom stereocenters. The Balaban J connectivity index is 2.68. The molecule has 3 rings (SSSR count). The van der Waals surface area contributed by atoms with E-state index in [1.54, 1.807) is 0 Å². The Morgan fingerprint density at radius 1 is 0.913 bits per heavy atom. The van der Waals surface area contributed by atoms with Gasteiger partial charge in [-0.1, -0.05) is 51.0 Å². The van der Waals surface area contributed by atoms with Crippen LogP contribution in [0.15, 0.2) is 30.3 Å². The monoisotopic (exact) mass is 313 g/mol. The van der Waals surface area contributed by atoms with E-state index in [1.165, 1.54) is 38.2 Å². The van der Waals surface area contributed by atoms with E-state index < -0.39 is 0 Å². The second kappa shape index (κ2) is 6.22. The van der Waals surface area contributed by atoms with Crippen LogP contribution < -0.4 is 5.19 Å². The number of fused-ring (bicyclic) bond motifs is 2. The molecule has 0 amide bonds. The van der Waals surface area contributed by atoms with Crippen molar-refractivity contribution in [3.8, 4) is 12.3 Å². The van der Waals surface area contributed by atoms with Crippen LogP contribution in [-0.4, -0.2) is 10.2 Å². The van der Waals surface area contributed by atoms with Gasteiger partial charge in [0.15, 0.2) is 0 Å². The number of terminal acetylenes is 1. The van der Waals surface area contributed by atoms with E-state index in [0.29, 0.717) is 0 Å². The van der Waals surface area contributed by atoms with E-state index >= 15 is 0 Å². The summed E-state index contributed by atoms with van der Waals surface area (Å²) in [6, 6.07) is 10.9. The lowest BCUT2D eigenvalue weighted by Gasteiger charge is -2.20. The molecule has 0 aromatic heterocycles. The summed E-state index contributed by atoms with van der Waals surface area (Å²) in [4.78, 5) is 0. The van der Waals surface area contributed by atoms with Crippen molar-refractivity contribution in [2.24, 2.45) is 0 Å². The summed E-state index contributed by atoms with van der Waals surface area (Å²) >= 11 is 0. The fourth-order valence-electron chi connectivity index (χ4n) is 3.85. The zero-order valence-electron chi connectivity index (χ0n) is 14.1. The summed E-state index contributed by atoms with van der Waals surface area (Å²) in [7, 11) is 3.84. The summed E-state index contributed by atoms with van der Waals surface area (Å²) in [6.45, 7) is 6.68. The summed E-state index contributed by atoms with van der Waals surface area (Å²) < 4.78 is 0. The average Bonchev–Trinajstić information content (AvgIpc) is 2.58. The van der Waals surface area contributed by atoms with Crippen LogP contribution in [0.4, 0.5) is 0 Å². The lowest BCUT2D eigenvalue weighted by atomic mass is 9.86. The van der Waals surface area contributed by atoms with Gasteiger partial charge in [0.25, 0.3) is 0 Å². The minimum atomic E-state index is 0.989. The van der Waals surface area contributed by atoms with Crippen molar-refractivity contribution in [3.63, 3.8) is 0 Å². The van der Waals surface area contributed by atoms with Crippen molar-refractivity contribution in [2.75, 3.05) is 0 Å². The molecule has 3 aromatic rings. The molecule has 0 saturated carbocycles. The minimum absolute atomic E-state index is 0.989. The average molecular weight is 313 g/mol. The largest absolute Gasteiger partial charge is 0.115 e. The molecule has 0 spiro atoms. The van der Waals surface area contributed by atoms with Crippen molar-refractivity contribution in [1.82, 2.24) is 0 Å². The molecule has 3 aromatic carbocycles. The molecule has 1 heteroatoms. The van der Waals surface area contributed by atoms with Crippen LogP contribution in [-0.2, 0) is 19.3 Å².